The average molecular weight is 622 g/mol. The first-order valence-electron chi connectivity index (χ1n) is 16.7. The first kappa shape index (κ1) is 30.5. The fourth-order valence-corrected chi connectivity index (χ4v) is 8.05. The Balaban J connectivity index is 1.25. The second-order valence-corrected chi connectivity index (χ2v) is 14.1. The molecular formula is C37H44FN7O. The lowest BCUT2D eigenvalue weighted by atomic mass is 9.45. The van der Waals surface area contributed by atoms with E-state index in [0.29, 0.717) is 53.1 Å². The van der Waals surface area contributed by atoms with Gasteiger partial charge in [-0.15, -0.1) is 0 Å². The molecule has 0 spiro atoms. The fraction of sp³-hybridized carbons (Fsp3) is 0.459. The summed E-state index contributed by atoms with van der Waals surface area (Å²) in [5, 5.41) is 8.02. The number of guanidine groups is 1. The minimum absolute atomic E-state index is 0.110. The molecule has 2 N–H and O–H groups in total. The monoisotopic (exact) mass is 621 g/mol. The van der Waals surface area contributed by atoms with Crippen LogP contribution in [0.4, 0.5) is 10.1 Å². The molecule has 240 valence electrons. The maximum atomic E-state index is 14.0. The number of halogens is 1. The van der Waals surface area contributed by atoms with Crippen LogP contribution in [0.1, 0.15) is 46.1 Å². The summed E-state index contributed by atoms with van der Waals surface area (Å²) >= 11 is 0. The molecule has 1 saturated heterocycles. The predicted molar refractivity (Wildman–Crippen MR) is 182 cm³/mol. The Morgan fingerprint density at radius 1 is 1.09 bits per heavy atom. The molecule has 2 aromatic carbocycles. The van der Waals surface area contributed by atoms with E-state index in [4.69, 9.17) is 9.98 Å². The Morgan fingerprint density at radius 2 is 1.87 bits per heavy atom. The molecule has 0 radical (unpaired) electrons. The number of hydrogen-bond donors (Lipinski definition) is 2. The summed E-state index contributed by atoms with van der Waals surface area (Å²) < 4.78 is 15.2. The van der Waals surface area contributed by atoms with Gasteiger partial charge in [0.05, 0.1) is 16.6 Å². The third-order valence-electron chi connectivity index (χ3n) is 11.0. The number of aromatic nitrogens is 3. The van der Waals surface area contributed by atoms with E-state index in [1.165, 1.54) is 18.6 Å². The molecule has 4 aromatic rings. The topological polar surface area (TPSA) is 87.4 Å². The minimum atomic E-state index is -0.275. The number of piperazine rings is 1. The van der Waals surface area contributed by atoms with Gasteiger partial charge in [0.25, 0.3) is 5.56 Å². The van der Waals surface area contributed by atoms with Gasteiger partial charge in [-0.2, -0.15) is 0 Å². The molecule has 3 aliphatic carbocycles. The highest BCUT2D eigenvalue weighted by Gasteiger charge is 2.56. The number of pyridine rings is 1. The van der Waals surface area contributed by atoms with E-state index in [1.807, 2.05) is 30.3 Å². The van der Waals surface area contributed by atoms with Gasteiger partial charge in [-0.1, -0.05) is 32.9 Å². The maximum Gasteiger partial charge on any atom is 0.261 e. The molecular weight excluding hydrogens is 577 g/mol. The van der Waals surface area contributed by atoms with Gasteiger partial charge in [-0.3, -0.25) is 14.3 Å². The van der Waals surface area contributed by atoms with Gasteiger partial charge < -0.3 is 15.5 Å². The molecule has 8 rings (SSSR count). The van der Waals surface area contributed by atoms with Crippen LogP contribution in [0, 0.1) is 29.0 Å². The van der Waals surface area contributed by atoms with Crippen molar-refractivity contribution in [3.05, 3.63) is 88.7 Å². The molecule has 3 saturated carbocycles. The van der Waals surface area contributed by atoms with E-state index in [0.717, 1.165) is 60.7 Å². The summed E-state index contributed by atoms with van der Waals surface area (Å²) in [7, 11) is 0. The Bertz CT molecular complexity index is 1800. The molecule has 4 aliphatic rings. The van der Waals surface area contributed by atoms with Gasteiger partial charge in [0.2, 0.25) is 0 Å². The van der Waals surface area contributed by atoms with Crippen LogP contribution in [-0.4, -0.2) is 57.1 Å². The van der Waals surface area contributed by atoms with Crippen LogP contribution < -0.4 is 16.2 Å². The Morgan fingerprint density at radius 3 is 2.59 bits per heavy atom. The quantitative estimate of drug-likeness (QED) is 0.210. The highest BCUT2D eigenvalue weighted by molar-refractivity contribution is 5.87. The van der Waals surface area contributed by atoms with Crippen LogP contribution in [0.15, 0.2) is 76.8 Å². The van der Waals surface area contributed by atoms with Crippen molar-refractivity contribution in [1.29, 1.82) is 0 Å². The molecule has 2 bridgehead atoms. The number of nitrogens with one attached hydrogen (secondary N) is 2. The zero-order valence-electron chi connectivity index (χ0n) is 27.2. The third kappa shape index (κ3) is 5.81. The van der Waals surface area contributed by atoms with Gasteiger partial charge in [0.15, 0.2) is 5.96 Å². The number of fused-ring (bicyclic) bond motifs is 3. The van der Waals surface area contributed by atoms with Crippen molar-refractivity contribution < 1.29 is 4.39 Å². The van der Waals surface area contributed by atoms with Crippen LogP contribution in [0.2, 0.25) is 0 Å². The molecule has 0 amide bonds. The van der Waals surface area contributed by atoms with E-state index >= 15 is 0 Å². The van der Waals surface area contributed by atoms with E-state index in [9.17, 15) is 9.18 Å². The van der Waals surface area contributed by atoms with Crippen LogP contribution in [0.5, 0.6) is 0 Å². The second-order valence-electron chi connectivity index (χ2n) is 14.1. The van der Waals surface area contributed by atoms with E-state index in [-0.39, 0.29) is 11.4 Å². The summed E-state index contributed by atoms with van der Waals surface area (Å²) in [6, 6.07) is 16.6. The predicted octanol–water partition coefficient (Wildman–Crippen LogP) is 5.78. The number of aryl methyl sites for hydroxylation is 1. The van der Waals surface area contributed by atoms with Crippen molar-refractivity contribution in [3.63, 3.8) is 0 Å². The Kier molecular flexibility index (Phi) is 8.13. The highest BCUT2D eigenvalue weighted by atomic mass is 19.1. The Hall–Kier alpha value is -4.11. The molecule has 46 heavy (non-hydrogen) atoms. The summed E-state index contributed by atoms with van der Waals surface area (Å²) in [5.74, 6) is 3.26. The van der Waals surface area contributed by atoms with Gasteiger partial charge in [-0.25, -0.2) is 14.4 Å². The summed E-state index contributed by atoms with van der Waals surface area (Å²) in [4.78, 5) is 30.8. The minimum Gasteiger partial charge on any atom is -0.353 e. The lowest BCUT2D eigenvalue weighted by Gasteiger charge is -2.62. The molecule has 9 heteroatoms. The average Bonchev–Trinajstić information content (AvgIpc) is 3.05. The van der Waals surface area contributed by atoms with Crippen molar-refractivity contribution in [2.45, 2.75) is 65.6 Å². The lowest BCUT2D eigenvalue weighted by Crippen LogP contribution is -2.63. The first-order chi connectivity index (χ1) is 22.2. The SMILES string of the molecule is C[C@H]1[C@@H](NC(=Nc2ccc3c(=O)n(CCc4ccc(F)cc4)c(-c4ccncc4)nc3c2)N2CCN[C@@H](C)C2)C[C@@H]2C[C@@H]1C2(C)C. The van der Waals surface area contributed by atoms with Gasteiger partial charge in [0, 0.05) is 56.2 Å². The molecule has 5 atom stereocenters. The zero-order valence-corrected chi connectivity index (χ0v) is 27.2. The van der Waals surface area contributed by atoms with E-state index in [2.05, 4.69) is 48.2 Å². The lowest BCUT2D eigenvalue weighted by molar-refractivity contribution is -0.112. The summed E-state index contributed by atoms with van der Waals surface area (Å²) in [5.41, 5.74) is 3.45. The number of rotatable bonds is 6. The van der Waals surface area contributed by atoms with E-state index in [1.54, 1.807) is 29.1 Å². The largest absolute Gasteiger partial charge is 0.353 e. The van der Waals surface area contributed by atoms with Crippen LogP contribution in [0.3, 0.4) is 0 Å². The van der Waals surface area contributed by atoms with Gasteiger partial charge in [-0.05, 0) is 97.4 Å². The number of nitrogens with zero attached hydrogens (tertiary/aromatic N) is 5. The van der Waals surface area contributed by atoms with E-state index < -0.39 is 0 Å². The molecule has 4 fully saturated rings. The van der Waals surface area contributed by atoms with Gasteiger partial charge in [0.1, 0.15) is 11.6 Å². The van der Waals surface area contributed by atoms with Crippen LogP contribution >= 0.6 is 0 Å². The summed E-state index contributed by atoms with van der Waals surface area (Å²) in [6.07, 6.45) is 6.49. The molecule has 3 heterocycles. The molecule has 1 aliphatic heterocycles. The summed E-state index contributed by atoms with van der Waals surface area (Å²) in [6.45, 7) is 12.6. The number of benzene rings is 2. The highest BCUT2D eigenvalue weighted by Crippen LogP contribution is 2.61. The second kappa shape index (κ2) is 12.2. The Labute approximate surface area is 270 Å². The van der Waals surface area contributed by atoms with Crippen LogP contribution in [0.25, 0.3) is 22.3 Å². The molecule has 8 nitrogen and oxygen atoms in total. The maximum absolute atomic E-state index is 14.0. The van der Waals surface area contributed by atoms with Crippen LogP contribution in [-0.2, 0) is 13.0 Å². The first-order valence-corrected chi connectivity index (χ1v) is 16.7. The van der Waals surface area contributed by atoms with Crippen molar-refractivity contribution in [3.8, 4) is 11.4 Å². The standard InChI is InChI=1S/C37H44FN7O/c1-23-22-44(18-16-40-23)36(43-32-20-27-19-31(24(32)2)37(27,3)4)41-29-9-10-30-33(21-29)42-34(26-11-14-39-15-12-26)45(35(30)46)17-13-25-5-7-28(38)8-6-25/h5-12,14-15,21,23-24,27,31-32,40H,13,16-20,22H2,1-4H3,(H,41,43)/t23-,24+,27-,31-,32-/m0/s1. The number of aliphatic imine (C=N–C) groups is 1. The molecule has 2 aromatic heterocycles. The van der Waals surface area contributed by atoms with Crippen molar-refractivity contribution in [1.82, 2.24) is 30.1 Å². The molecule has 0 unspecified atom stereocenters. The van der Waals surface area contributed by atoms with Gasteiger partial charge >= 0.3 is 0 Å². The van der Waals surface area contributed by atoms with Crippen molar-refractivity contribution in [2.75, 3.05) is 19.6 Å². The smallest absolute Gasteiger partial charge is 0.261 e. The normalized spacial score (nSPS) is 25.7. The zero-order chi connectivity index (χ0) is 32.0. The fourth-order valence-electron chi connectivity index (χ4n) is 8.05. The number of hydrogen-bond acceptors (Lipinski definition) is 5. The van der Waals surface area contributed by atoms with Crippen molar-refractivity contribution in [2.24, 2.45) is 28.2 Å². The third-order valence-corrected chi connectivity index (χ3v) is 11.0. The van der Waals surface area contributed by atoms with Crippen molar-refractivity contribution >= 4 is 22.5 Å².